The largest absolute Gasteiger partial charge is 0.467 e. The third-order valence-electron chi connectivity index (χ3n) is 2.76. The second-order valence-corrected chi connectivity index (χ2v) is 3.89. The van der Waals surface area contributed by atoms with E-state index in [9.17, 15) is 4.79 Å². The number of imidazole rings is 1. The van der Waals surface area contributed by atoms with Crippen molar-refractivity contribution in [3.05, 3.63) is 24.3 Å². The number of ether oxygens (including phenoxy) is 1. The van der Waals surface area contributed by atoms with Crippen LogP contribution in [0.4, 0.5) is 5.95 Å². The molecule has 0 aliphatic heterocycles. The highest BCUT2D eigenvalue weighted by molar-refractivity contribution is 5.82. The Bertz CT molecular complexity index is 565. The number of aryl methyl sites for hydroxylation is 1. The van der Waals surface area contributed by atoms with E-state index in [1.807, 2.05) is 35.9 Å². The quantitative estimate of drug-likeness (QED) is 0.772. The van der Waals surface area contributed by atoms with E-state index in [4.69, 9.17) is 5.11 Å². The summed E-state index contributed by atoms with van der Waals surface area (Å²) in [4.78, 5) is 15.7. The van der Waals surface area contributed by atoms with Crippen LogP contribution in [0.15, 0.2) is 24.3 Å². The topological polar surface area (TPSA) is 76.4 Å². The molecule has 1 aromatic carbocycles. The van der Waals surface area contributed by atoms with Crippen LogP contribution in [0.2, 0.25) is 0 Å². The molecule has 18 heavy (non-hydrogen) atoms. The molecule has 0 amide bonds. The number of fused-ring (bicyclic) bond motifs is 1. The first-order chi connectivity index (χ1) is 8.67. The van der Waals surface area contributed by atoms with Crippen molar-refractivity contribution in [2.75, 3.05) is 19.0 Å². The smallest absolute Gasteiger partial charge is 0.330 e. The van der Waals surface area contributed by atoms with E-state index in [1.165, 1.54) is 7.11 Å². The van der Waals surface area contributed by atoms with Gasteiger partial charge in [0.1, 0.15) is 0 Å². The maximum Gasteiger partial charge on any atom is 0.330 e. The van der Waals surface area contributed by atoms with Crippen molar-refractivity contribution in [2.24, 2.45) is 7.05 Å². The zero-order valence-corrected chi connectivity index (χ0v) is 10.3. The Morgan fingerprint density at radius 3 is 2.89 bits per heavy atom. The van der Waals surface area contributed by atoms with Crippen LogP contribution in [0.5, 0.6) is 0 Å². The highest BCUT2D eigenvalue weighted by Crippen LogP contribution is 2.18. The molecule has 0 fully saturated rings. The lowest BCUT2D eigenvalue weighted by Gasteiger charge is -2.14. The predicted molar refractivity (Wildman–Crippen MR) is 67.2 cm³/mol. The van der Waals surface area contributed by atoms with Crippen molar-refractivity contribution in [3.8, 4) is 0 Å². The van der Waals surface area contributed by atoms with Gasteiger partial charge in [0.05, 0.1) is 24.8 Å². The van der Waals surface area contributed by atoms with Gasteiger partial charge in [0.2, 0.25) is 5.95 Å². The minimum absolute atomic E-state index is 0.351. The fourth-order valence-corrected chi connectivity index (χ4v) is 1.75. The molecule has 1 atom stereocenters. The highest BCUT2D eigenvalue weighted by Gasteiger charge is 2.20. The number of benzene rings is 1. The summed E-state index contributed by atoms with van der Waals surface area (Å²) in [5.41, 5.74) is 1.77. The fourth-order valence-electron chi connectivity index (χ4n) is 1.75. The number of aromatic nitrogens is 2. The number of nitrogens with one attached hydrogen (secondary N) is 1. The van der Waals surface area contributed by atoms with Crippen molar-refractivity contribution < 1.29 is 14.6 Å². The molecule has 0 aliphatic carbocycles. The minimum Gasteiger partial charge on any atom is -0.467 e. The molecule has 6 heteroatoms. The first-order valence-corrected chi connectivity index (χ1v) is 5.54. The lowest BCUT2D eigenvalue weighted by atomic mass is 10.3. The van der Waals surface area contributed by atoms with E-state index in [1.54, 1.807) is 0 Å². The summed E-state index contributed by atoms with van der Waals surface area (Å²) >= 11 is 0. The van der Waals surface area contributed by atoms with Crippen LogP contribution in [-0.4, -0.2) is 40.4 Å². The summed E-state index contributed by atoms with van der Waals surface area (Å²) in [7, 11) is 3.12. The van der Waals surface area contributed by atoms with Crippen LogP contribution in [0, 0.1) is 0 Å². The number of aliphatic hydroxyl groups excluding tert-OH is 1. The Morgan fingerprint density at radius 1 is 1.56 bits per heavy atom. The zero-order valence-electron chi connectivity index (χ0n) is 10.3. The van der Waals surface area contributed by atoms with Gasteiger partial charge in [-0.3, -0.25) is 0 Å². The maximum absolute atomic E-state index is 11.4. The summed E-state index contributed by atoms with van der Waals surface area (Å²) in [6, 6.07) is 6.80. The standard InChI is InChI=1S/C12H15N3O3/c1-15-10-6-4-3-5-8(10)13-12(15)14-9(7-16)11(17)18-2/h3-6,9,16H,7H2,1-2H3,(H,13,14). The SMILES string of the molecule is COC(=O)C(CO)Nc1nc2ccccc2n1C. The molecule has 0 aliphatic rings. The molecular weight excluding hydrogens is 234 g/mol. The number of esters is 1. The van der Waals surface area contributed by atoms with Crippen LogP contribution in [0.1, 0.15) is 0 Å². The van der Waals surface area contributed by atoms with Crippen LogP contribution in [0.25, 0.3) is 11.0 Å². The Labute approximate surface area is 104 Å². The second-order valence-electron chi connectivity index (χ2n) is 3.89. The number of aliphatic hydroxyl groups is 1. The van der Waals surface area contributed by atoms with Crippen molar-refractivity contribution in [2.45, 2.75) is 6.04 Å². The monoisotopic (exact) mass is 249 g/mol. The lowest BCUT2D eigenvalue weighted by Crippen LogP contribution is -2.35. The number of nitrogens with zero attached hydrogens (tertiary/aromatic N) is 2. The molecule has 6 nitrogen and oxygen atoms in total. The van der Waals surface area contributed by atoms with Crippen molar-refractivity contribution in [3.63, 3.8) is 0 Å². The number of hydrogen-bond donors (Lipinski definition) is 2. The van der Waals surface area contributed by atoms with Gasteiger partial charge in [0, 0.05) is 7.05 Å². The van der Waals surface area contributed by atoms with E-state index in [-0.39, 0.29) is 6.61 Å². The van der Waals surface area contributed by atoms with Gasteiger partial charge < -0.3 is 19.7 Å². The first kappa shape index (κ1) is 12.4. The Hall–Kier alpha value is -2.08. The molecule has 0 bridgehead atoms. The van der Waals surface area contributed by atoms with Crippen LogP contribution < -0.4 is 5.32 Å². The number of carbonyl (C=O) groups excluding carboxylic acids is 1. The number of para-hydroxylation sites is 2. The number of methoxy groups -OCH3 is 1. The Kier molecular flexibility index (Phi) is 3.47. The predicted octanol–water partition coefficient (Wildman–Crippen LogP) is 0.519. The molecule has 2 rings (SSSR count). The number of hydrogen-bond acceptors (Lipinski definition) is 5. The molecule has 1 unspecified atom stereocenters. The van der Waals surface area contributed by atoms with Gasteiger partial charge in [-0.15, -0.1) is 0 Å². The van der Waals surface area contributed by atoms with Gasteiger partial charge in [0.25, 0.3) is 0 Å². The van der Waals surface area contributed by atoms with E-state index >= 15 is 0 Å². The molecular formula is C12H15N3O3. The Morgan fingerprint density at radius 2 is 2.28 bits per heavy atom. The fraction of sp³-hybridized carbons (Fsp3) is 0.333. The van der Waals surface area contributed by atoms with Gasteiger partial charge in [-0.1, -0.05) is 12.1 Å². The van der Waals surface area contributed by atoms with E-state index in [2.05, 4.69) is 15.0 Å². The number of carbonyl (C=O) groups is 1. The summed E-state index contributed by atoms with van der Waals surface area (Å²) in [6.07, 6.45) is 0. The van der Waals surface area contributed by atoms with Gasteiger partial charge >= 0.3 is 5.97 Å². The van der Waals surface area contributed by atoms with Crippen molar-refractivity contribution in [1.82, 2.24) is 9.55 Å². The number of anilines is 1. The van der Waals surface area contributed by atoms with Gasteiger partial charge in [-0.05, 0) is 12.1 Å². The molecule has 0 radical (unpaired) electrons. The number of rotatable bonds is 4. The normalized spacial score (nSPS) is 12.4. The maximum atomic E-state index is 11.4. The van der Waals surface area contributed by atoms with Gasteiger partial charge in [-0.25, -0.2) is 9.78 Å². The third kappa shape index (κ3) is 2.14. The van der Waals surface area contributed by atoms with Gasteiger partial charge in [-0.2, -0.15) is 0 Å². The first-order valence-electron chi connectivity index (χ1n) is 5.54. The van der Waals surface area contributed by atoms with Crippen molar-refractivity contribution in [1.29, 1.82) is 0 Å². The van der Waals surface area contributed by atoms with E-state index in [0.29, 0.717) is 5.95 Å². The van der Waals surface area contributed by atoms with Crippen LogP contribution in [0.3, 0.4) is 0 Å². The summed E-state index contributed by atoms with van der Waals surface area (Å²) in [6.45, 7) is -0.351. The molecule has 0 saturated heterocycles. The average molecular weight is 249 g/mol. The molecule has 2 aromatic rings. The highest BCUT2D eigenvalue weighted by atomic mass is 16.5. The summed E-state index contributed by atoms with van der Waals surface area (Å²) in [5, 5.41) is 12.0. The van der Waals surface area contributed by atoms with Gasteiger partial charge in [0.15, 0.2) is 6.04 Å². The minimum atomic E-state index is -0.814. The second kappa shape index (κ2) is 5.05. The lowest BCUT2D eigenvalue weighted by molar-refractivity contribution is -0.142. The van der Waals surface area contributed by atoms with Crippen LogP contribution >= 0.6 is 0 Å². The average Bonchev–Trinajstić information content (AvgIpc) is 2.72. The molecule has 96 valence electrons. The molecule has 0 saturated carbocycles. The molecule has 1 aromatic heterocycles. The zero-order chi connectivity index (χ0) is 13.1. The van der Waals surface area contributed by atoms with E-state index < -0.39 is 12.0 Å². The molecule has 1 heterocycles. The van der Waals surface area contributed by atoms with Crippen LogP contribution in [-0.2, 0) is 16.6 Å². The van der Waals surface area contributed by atoms with Crippen molar-refractivity contribution >= 4 is 23.0 Å². The molecule has 0 spiro atoms. The van der Waals surface area contributed by atoms with E-state index in [0.717, 1.165) is 11.0 Å². The molecule has 2 N–H and O–H groups in total. The third-order valence-corrected chi connectivity index (χ3v) is 2.76. The summed E-state index contributed by atoms with van der Waals surface area (Å²) in [5.74, 6) is -0.00907. The summed E-state index contributed by atoms with van der Waals surface area (Å²) < 4.78 is 6.41. The Balaban J connectivity index is 2.31.